The summed E-state index contributed by atoms with van der Waals surface area (Å²) in [6.45, 7) is 12.5. The van der Waals surface area contributed by atoms with Gasteiger partial charge in [-0.25, -0.2) is 0 Å². The molecule has 0 heterocycles. The van der Waals surface area contributed by atoms with Crippen LogP contribution >= 0.6 is 0 Å². The van der Waals surface area contributed by atoms with Crippen LogP contribution in [0.2, 0.25) is 0 Å². The van der Waals surface area contributed by atoms with Crippen LogP contribution in [0.5, 0.6) is 0 Å². The Balaban J connectivity index is 0. The first-order valence-corrected chi connectivity index (χ1v) is 8.56. The number of unbranched alkanes of at least 4 members (excludes halogenated alkanes) is 1. The fourth-order valence-electron chi connectivity index (χ4n) is 2.08. The Kier molecular flexibility index (Phi) is 20.8. The van der Waals surface area contributed by atoms with E-state index >= 15 is 0 Å². The molecule has 0 aromatic rings. The lowest BCUT2D eigenvalue weighted by Gasteiger charge is -2.15. The largest absolute Gasteiger partial charge is 0.330 e. The fraction of sp³-hybridized carbons (Fsp3) is 1.00. The van der Waals surface area contributed by atoms with E-state index in [4.69, 9.17) is 11.5 Å². The van der Waals surface area contributed by atoms with E-state index in [1.165, 1.54) is 25.7 Å². The van der Waals surface area contributed by atoms with Crippen molar-refractivity contribution in [2.45, 2.75) is 78.3 Å². The molecule has 0 aliphatic heterocycles. The van der Waals surface area contributed by atoms with Gasteiger partial charge in [-0.05, 0) is 58.3 Å². The van der Waals surface area contributed by atoms with Crippen molar-refractivity contribution in [1.29, 1.82) is 0 Å². The highest BCUT2D eigenvalue weighted by Crippen LogP contribution is 1.96. The lowest BCUT2D eigenvalue weighted by Crippen LogP contribution is -2.31. The van der Waals surface area contributed by atoms with Gasteiger partial charge in [0.1, 0.15) is 0 Å². The quantitative estimate of drug-likeness (QED) is 0.415. The highest BCUT2D eigenvalue weighted by atomic mass is 14.9. The summed E-state index contributed by atoms with van der Waals surface area (Å²) < 4.78 is 0. The van der Waals surface area contributed by atoms with Crippen molar-refractivity contribution in [3.8, 4) is 0 Å². The molecule has 0 amide bonds. The molecule has 4 nitrogen and oxygen atoms in total. The van der Waals surface area contributed by atoms with E-state index in [1.54, 1.807) is 0 Å². The van der Waals surface area contributed by atoms with Crippen molar-refractivity contribution in [3.63, 3.8) is 0 Å². The van der Waals surface area contributed by atoms with E-state index in [0.717, 1.165) is 39.0 Å². The molecular formula is C16H40N4. The lowest BCUT2D eigenvalue weighted by atomic mass is 10.1. The highest BCUT2D eigenvalue weighted by molar-refractivity contribution is 4.64. The van der Waals surface area contributed by atoms with Crippen LogP contribution in [-0.2, 0) is 0 Å². The monoisotopic (exact) mass is 288 g/mol. The Morgan fingerprint density at radius 3 is 1.65 bits per heavy atom. The first-order valence-electron chi connectivity index (χ1n) is 8.56. The molecule has 0 aliphatic carbocycles. The second-order valence-corrected chi connectivity index (χ2v) is 5.23. The van der Waals surface area contributed by atoms with Crippen molar-refractivity contribution in [2.24, 2.45) is 11.5 Å². The van der Waals surface area contributed by atoms with Gasteiger partial charge in [-0.2, -0.15) is 0 Å². The molecule has 0 spiro atoms. The average Bonchev–Trinajstić information content (AvgIpc) is 2.47. The van der Waals surface area contributed by atoms with E-state index in [9.17, 15) is 0 Å². The molecule has 2 atom stereocenters. The zero-order valence-corrected chi connectivity index (χ0v) is 14.4. The van der Waals surface area contributed by atoms with Gasteiger partial charge in [0.15, 0.2) is 0 Å². The van der Waals surface area contributed by atoms with Gasteiger partial charge < -0.3 is 22.1 Å². The first-order chi connectivity index (χ1) is 9.69. The molecule has 0 rings (SSSR count). The number of hydrogen-bond donors (Lipinski definition) is 4. The third-order valence-corrected chi connectivity index (χ3v) is 3.47. The van der Waals surface area contributed by atoms with Crippen LogP contribution in [0.15, 0.2) is 0 Å². The van der Waals surface area contributed by atoms with Crippen LogP contribution in [0.4, 0.5) is 0 Å². The van der Waals surface area contributed by atoms with E-state index < -0.39 is 0 Å². The molecule has 0 aromatic carbocycles. The van der Waals surface area contributed by atoms with Gasteiger partial charge in [0.2, 0.25) is 0 Å². The summed E-state index contributed by atoms with van der Waals surface area (Å²) in [4.78, 5) is 0. The van der Waals surface area contributed by atoms with Crippen LogP contribution in [0.25, 0.3) is 0 Å². The summed E-state index contributed by atoms with van der Waals surface area (Å²) in [7, 11) is 0. The summed E-state index contributed by atoms with van der Waals surface area (Å²) in [6.07, 6.45) is 7.14. The predicted molar refractivity (Wildman–Crippen MR) is 92.1 cm³/mol. The Labute approximate surface area is 127 Å². The second kappa shape index (κ2) is 18.8. The Morgan fingerprint density at radius 2 is 1.30 bits per heavy atom. The third kappa shape index (κ3) is 15.9. The van der Waals surface area contributed by atoms with E-state index in [0.29, 0.717) is 12.1 Å². The number of nitrogens with two attached hydrogens (primary N) is 2. The first kappa shape index (κ1) is 22.1. The molecule has 4 heteroatoms. The number of hydrogen-bond acceptors (Lipinski definition) is 4. The molecule has 20 heavy (non-hydrogen) atoms. The van der Waals surface area contributed by atoms with Gasteiger partial charge in [-0.15, -0.1) is 0 Å². The maximum Gasteiger partial charge on any atom is 0.00764 e. The number of nitrogens with one attached hydrogen (secondary N) is 2. The van der Waals surface area contributed by atoms with E-state index in [1.807, 2.05) is 0 Å². The van der Waals surface area contributed by atoms with Crippen LogP contribution in [-0.4, -0.2) is 38.3 Å². The molecule has 0 bridgehead atoms. The van der Waals surface area contributed by atoms with Crippen molar-refractivity contribution in [3.05, 3.63) is 0 Å². The summed E-state index contributed by atoms with van der Waals surface area (Å²) in [6, 6.07) is 1.28. The van der Waals surface area contributed by atoms with Crippen LogP contribution in [0, 0.1) is 0 Å². The molecule has 0 radical (unpaired) electrons. The third-order valence-electron chi connectivity index (χ3n) is 3.47. The fourth-order valence-corrected chi connectivity index (χ4v) is 2.08. The van der Waals surface area contributed by atoms with Crippen LogP contribution in [0.1, 0.15) is 66.2 Å². The molecule has 0 saturated carbocycles. The maximum atomic E-state index is 5.47. The summed E-state index contributed by atoms with van der Waals surface area (Å²) >= 11 is 0. The number of rotatable bonds is 12. The lowest BCUT2D eigenvalue weighted by molar-refractivity contribution is 0.466. The van der Waals surface area contributed by atoms with Gasteiger partial charge in [-0.3, -0.25) is 0 Å². The Hall–Kier alpha value is -0.160. The van der Waals surface area contributed by atoms with Gasteiger partial charge in [-0.1, -0.05) is 34.1 Å². The highest BCUT2D eigenvalue weighted by Gasteiger charge is 2.01. The SMILES string of the molecule is CCCCNC(CC)CCN.CCNC(CC)CCN. The molecule has 124 valence electrons. The zero-order chi connectivity index (χ0) is 15.6. The van der Waals surface area contributed by atoms with Gasteiger partial charge in [0.05, 0.1) is 0 Å². The average molecular weight is 289 g/mol. The molecule has 6 N–H and O–H groups in total. The van der Waals surface area contributed by atoms with E-state index in [2.05, 4.69) is 38.3 Å². The minimum atomic E-state index is 0.639. The van der Waals surface area contributed by atoms with E-state index in [-0.39, 0.29) is 0 Å². The van der Waals surface area contributed by atoms with Gasteiger partial charge in [0, 0.05) is 12.1 Å². The second-order valence-electron chi connectivity index (χ2n) is 5.23. The molecule has 0 fully saturated rings. The molecule has 2 unspecified atom stereocenters. The Bertz CT molecular complexity index is 159. The summed E-state index contributed by atoms with van der Waals surface area (Å²) in [5, 5.41) is 6.84. The van der Waals surface area contributed by atoms with Crippen molar-refractivity contribution >= 4 is 0 Å². The molecule has 0 aromatic heterocycles. The van der Waals surface area contributed by atoms with Crippen molar-refractivity contribution in [2.75, 3.05) is 26.2 Å². The van der Waals surface area contributed by atoms with Crippen molar-refractivity contribution < 1.29 is 0 Å². The topological polar surface area (TPSA) is 76.1 Å². The Morgan fingerprint density at radius 1 is 0.800 bits per heavy atom. The molecule has 0 saturated heterocycles. The van der Waals surface area contributed by atoms with Gasteiger partial charge in [0.25, 0.3) is 0 Å². The van der Waals surface area contributed by atoms with Crippen LogP contribution < -0.4 is 22.1 Å². The summed E-state index contributed by atoms with van der Waals surface area (Å²) in [5.41, 5.74) is 10.9. The molecule has 0 aliphatic rings. The normalized spacial score (nSPS) is 13.5. The smallest absolute Gasteiger partial charge is 0.00764 e. The minimum absolute atomic E-state index is 0.639. The van der Waals surface area contributed by atoms with Crippen LogP contribution in [0.3, 0.4) is 0 Å². The maximum absolute atomic E-state index is 5.47. The standard InChI is InChI=1S/C9H22N2.C7H18N2/c1-3-5-8-11-9(4-2)6-7-10;1-3-7(5-6-8)9-4-2/h9,11H,3-8,10H2,1-2H3;7,9H,3-6,8H2,1-2H3. The van der Waals surface area contributed by atoms with Gasteiger partial charge >= 0.3 is 0 Å². The van der Waals surface area contributed by atoms with Crippen molar-refractivity contribution in [1.82, 2.24) is 10.6 Å². The summed E-state index contributed by atoms with van der Waals surface area (Å²) in [5.74, 6) is 0. The molecular weight excluding hydrogens is 248 g/mol. The zero-order valence-electron chi connectivity index (χ0n) is 14.4. The predicted octanol–water partition coefficient (Wildman–Crippen LogP) is 2.23. The minimum Gasteiger partial charge on any atom is -0.330 e.